The summed E-state index contributed by atoms with van der Waals surface area (Å²) in [6.45, 7) is 7.72. The minimum absolute atomic E-state index is 0.146. The lowest BCUT2D eigenvalue weighted by Gasteiger charge is -2.38. The van der Waals surface area contributed by atoms with Crippen molar-refractivity contribution < 1.29 is 23.8 Å². The molecular weight excluding hydrogens is 424 g/mol. The first kappa shape index (κ1) is 23.0. The predicted molar refractivity (Wildman–Crippen MR) is 121 cm³/mol. The zero-order valence-corrected chi connectivity index (χ0v) is 19.4. The third-order valence-electron chi connectivity index (χ3n) is 5.76. The van der Waals surface area contributed by atoms with Gasteiger partial charge in [0, 0.05) is 0 Å². The molecule has 2 aliphatic rings. The lowest BCUT2D eigenvalue weighted by atomic mass is 9.75. The van der Waals surface area contributed by atoms with Crippen LogP contribution in [0.15, 0.2) is 30.6 Å². The smallest absolute Gasteiger partial charge is 0.408 e. The average Bonchev–Trinajstić information content (AvgIpc) is 3.11. The second-order valence-electron chi connectivity index (χ2n) is 9.41. The molecule has 0 radical (unpaired) electrons. The number of hydrogen-bond acceptors (Lipinski definition) is 7. The number of nitrogens with one attached hydrogen (secondary N) is 2. The molecule has 1 fully saturated rings. The quantitative estimate of drug-likeness (QED) is 0.664. The summed E-state index contributed by atoms with van der Waals surface area (Å²) in [5.74, 6) is 0.264. The Hall–Kier alpha value is -3.20. The fraction of sp³-hybridized carbons (Fsp3) is 0.500. The third kappa shape index (κ3) is 5.24. The van der Waals surface area contributed by atoms with Crippen LogP contribution in [0.4, 0.5) is 10.5 Å². The van der Waals surface area contributed by atoms with Crippen LogP contribution in [0.5, 0.6) is 11.8 Å². The van der Waals surface area contributed by atoms with E-state index in [1.165, 1.54) is 29.9 Å². The first-order valence-electron chi connectivity index (χ1n) is 11.2. The molecule has 1 aliphatic carbocycles. The maximum atomic E-state index is 12.5. The van der Waals surface area contributed by atoms with Crippen molar-refractivity contribution in [1.82, 2.24) is 15.3 Å². The Morgan fingerprint density at radius 3 is 2.55 bits per heavy atom. The van der Waals surface area contributed by atoms with Crippen LogP contribution in [0.2, 0.25) is 0 Å². The summed E-state index contributed by atoms with van der Waals surface area (Å²) in [7, 11) is 0. The van der Waals surface area contributed by atoms with Gasteiger partial charge in [0.05, 0.1) is 30.3 Å². The van der Waals surface area contributed by atoms with Gasteiger partial charge in [0.2, 0.25) is 5.91 Å². The van der Waals surface area contributed by atoms with E-state index in [9.17, 15) is 9.59 Å². The number of carbonyl (C=O) groups excluding carboxylic acids is 2. The fourth-order valence-corrected chi connectivity index (χ4v) is 3.95. The molecular formula is C24H30N4O5. The molecule has 176 valence electrons. The van der Waals surface area contributed by atoms with E-state index in [-0.39, 0.29) is 17.5 Å². The number of benzene rings is 1. The Bertz CT molecular complexity index is 1030. The number of carbonyl (C=O) groups is 2. The van der Waals surface area contributed by atoms with E-state index in [1.807, 2.05) is 18.2 Å². The van der Waals surface area contributed by atoms with Gasteiger partial charge in [0.1, 0.15) is 17.4 Å². The van der Waals surface area contributed by atoms with Crippen molar-refractivity contribution in [2.75, 3.05) is 5.32 Å². The van der Waals surface area contributed by atoms with Gasteiger partial charge >= 0.3 is 12.1 Å². The topological polar surface area (TPSA) is 112 Å². The molecule has 33 heavy (non-hydrogen) atoms. The predicted octanol–water partition coefficient (Wildman–Crippen LogP) is 4.42. The molecule has 1 spiro atoms. The Balaban J connectivity index is 1.35. The highest BCUT2D eigenvalue weighted by molar-refractivity contribution is 5.96. The summed E-state index contributed by atoms with van der Waals surface area (Å²) in [5.41, 5.74) is 2.00. The molecule has 4 rings (SSSR count). The summed E-state index contributed by atoms with van der Waals surface area (Å²) < 4.78 is 17.1. The van der Waals surface area contributed by atoms with Crippen LogP contribution in [0.3, 0.4) is 0 Å². The molecule has 2 aromatic rings. The minimum Gasteiger partial charge on any atom is -0.444 e. The highest BCUT2D eigenvalue weighted by Gasteiger charge is 2.45. The zero-order chi connectivity index (χ0) is 23.6. The lowest BCUT2D eigenvalue weighted by molar-refractivity contribution is -0.118. The van der Waals surface area contributed by atoms with Crippen LogP contribution >= 0.6 is 0 Å². The Morgan fingerprint density at radius 1 is 1.21 bits per heavy atom. The van der Waals surface area contributed by atoms with E-state index in [4.69, 9.17) is 14.2 Å². The Morgan fingerprint density at radius 2 is 1.94 bits per heavy atom. The van der Waals surface area contributed by atoms with Crippen molar-refractivity contribution >= 4 is 17.7 Å². The molecule has 2 heterocycles. The van der Waals surface area contributed by atoms with E-state index in [2.05, 4.69) is 20.6 Å². The summed E-state index contributed by atoms with van der Waals surface area (Å²) in [5, 5.41) is 5.28. The largest absolute Gasteiger partial charge is 0.444 e. The van der Waals surface area contributed by atoms with E-state index in [1.54, 1.807) is 27.7 Å². The van der Waals surface area contributed by atoms with Crippen molar-refractivity contribution in [3.05, 3.63) is 41.7 Å². The number of hydrogen-bond donors (Lipinski definition) is 2. The monoisotopic (exact) mass is 454 g/mol. The van der Waals surface area contributed by atoms with Gasteiger partial charge in [-0.3, -0.25) is 4.79 Å². The number of rotatable bonds is 6. The molecule has 9 heteroatoms. The summed E-state index contributed by atoms with van der Waals surface area (Å²) in [4.78, 5) is 32.9. The number of nitrogens with zero attached hydrogens (tertiary/aromatic N) is 2. The van der Waals surface area contributed by atoms with Crippen molar-refractivity contribution in [2.24, 2.45) is 0 Å². The molecule has 1 aliphatic heterocycles. The molecule has 2 amide bonds. The standard InChI is InChI=1S/C24H30N4O5/c1-5-19(28-22(30)33-23(2,3)4)20(29)27-16-12-25-21(26-13-16)32-17-8-7-15-14-31-24(9-6-10-24)18(15)11-17/h7-8,11-13,19H,5-6,9-10,14H2,1-4H3,(H,27,29)(H,28,30)/t19-/m1/s1. The molecule has 2 N–H and O–H groups in total. The van der Waals surface area contributed by atoms with Crippen LogP contribution in [0.1, 0.15) is 64.5 Å². The first-order chi connectivity index (χ1) is 15.7. The SMILES string of the molecule is CC[C@@H](NC(=O)OC(C)(C)C)C(=O)Nc1cnc(Oc2ccc3c(c2)C2(CCC2)OC3)nc1. The Kier molecular flexibility index (Phi) is 6.25. The van der Waals surface area contributed by atoms with Gasteiger partial charge in [0.15, 0.2) is 0 Å². The average molecular weight is 455 g/mol. The summed E-state index contributed by atoms with van der Waals surface area (Å²) >= 11 is 0. The minimum atomic E-state index is -0.747. The van der Waals surface area contributed by atoms with Gasteiger partial charge in [-0.2, -0.15) is 0 Å². The van der Waals surface area contributed by atoms with Gasteiger partial charge in [-0.1, -0.05) is 13.0 Å². The van der Waals surface area contributed by atoms with Gasteiger partial charge in [-0.05, 0) is 69.7 Å². The normalized spacial score (nSPS) is 17.0. The van der Waals surface area contributed by atoms with E-state index in [0.29, 0.717) is 24.5 Å². The van der Waals surface area contributed by atoms with Crippen LogP contribution in [0.25, 0.3) is 0 Å². The number of aromatic nitrogens is 2. The second-order valence-corrected chi connectivity index (χ2v) is 9.41. The Labute approximate surface area is 193 Å². The van der Waals surface area contributed by atoms with E-state index < -0.39 is 17.7 Å². The van der Waals surface area contributed by atoms with Crippen LogP contribution in [-0.2, 0) is 26.5 Å². The van der Waals surface area contributed by atoms with Crippen molar-refractivity contribution in [2.45, 2.75) is 77.2 Å². The fourth-order valence-electron chi connectivity index (χ4n) is 3.95. The van der Waals surface area contributed by atoms with Crippen LogP contribution < -0.4 is 15.4 Å². The highest BCUT2D eigenvalue weighted by atomic mass is 16.6. The van der Waals surface area contributed by atoms with Gasteiger partial charge < -0.3 is 24.8 Å². The molecule has 1 saturated carbocycles. The van der Waals surface area contributed by atoms with Gasteiger partial charge in [-0.25, -0.2) is 14.8 Å². The number of fused-ring (bicyclic) bond motifs is 2. The van der Waals surface area contributed by atoms with E-state index in [0.717, 1.165) is 12.8 Å². The molecule has 0 saturated heterocycles. The van der Waals surface area contributed by atoms with Gasteiger partial charge in [-0.15, -0.1) is 0 Å². The van der Waals surface area contributed by atoms with Crippen molar-refractivity contribution in [1.29, 1.82) is 0 Å². The molecule has 0 unspecified atom stereocenters. The number of anilines is 1. The molecule has 1 aromatic heterocycles. The maximum Gasteiger partial charge on any atom is 0.408 e. The summed E-state index contributed by atoms with van der Waals surface area (Å²) in [6.07, 6.45) is 5.93. The zero-order valence-electron chi connectivity index (χ0n) is 19.4. The number of ether oxygens (including phenoxy) is 3. The summed E-state index contributed by atoms with van der Waals surface area (Å²) in [6, 6.07) is 5.34. The molecule has 9 nitrogen and oxygen atoms in total. The molecule has 1 aromatic carbocycles. The molecule has 0 bridgehead atoms. The third-order valence-corrected chi connectivity index (χ3v) is 5.76. The van der Waals surface area contributed by atoms with Crippen molar-refractivity contribution in [3.63, 3.8) is 0 Å². The highest BCUT2D eigenvalue weighted by Crippen LogP contribution is 2.51. The molecule has 1 atom stereocenters. The van der Waals surface area contributed by atoms with E-state index >= 15 is 0 Å². The van der Waals surface area contributed by atoms with Crippen LogP contribution in [-0.4, -0.2) is 33.6 Å². The number of alkyl carbamates (subject to hydrolysis) is 1. The maximum absolute atomic E-state index is 12.5. The second kappa shape index (κ2) is 8.97. The number of amides is 2. The van der Waals surface area contributed by atoms with Crippen molar-refractivity contribution in [3.8, 4) is 11.8 Å². The van der Waals surface area contributed by atoms with Crippen LogP contribution in [0, 0.1) is 0 Å². The first-order valence-corrected chi connectivity index (χ1v) is 11.2. The lowest BCUT2D eigenvalue weighted by Crippen LogP contribution is -2.45. The van der Waals surface area contributed by atoms with Gasteiger partial charge in [0.25, 0.3) is 0 Å².